The van der Waals surface area contributed by atoms with E-state index in [0.29, 0.717) is 9.80 Å². The first-order valence-corrected chi connectivity index (χ1v) is 4.87. The van der Waals surface area contributed by atoms with Gasteiger partial charge < -0.3 is 0 Å². The summed E-state index contributed by atoms with van der Waals surface area (Å²) in [6.07, 6.45) is 0. The highest BCUT2D eigenvalue weighted by molar-refractivity contribution is 14.1. The number of alkyl halides is 2. The highest BCUT2D eigenvalue weighted by atomic mass is 127. The molecule has 0 aliphatic carbocycles. The van der Waals surface area contributed by atoms with Crippen molar-refractivity contribution in [3.63, 3.8) is 0 Å². The fraction of sp³-hybridized carbons (Fsp3) is 0.250. The molecule has 1 aromatic rings. The second-order valence-electron chi connectivity index (χ2n) is 2.03. The van der Waals surface area contributed by atoms with Crippen molar-refractivity contribution in [2.75, 3.05) is 5.88 Å². The molecule has 0 aromatic heterocycles. The van der Waals surface area contributed by atoms with Crippen LogP contribution in [0, 0.1) is 0 Å². The fourth-order valence-corrected chi connectivity index (χ4v) is 1.34. The molecule has 0 nitrogen and oxygen atoms in total. The van der Waals surface area contributed by atoms with Crippen LogP contribution in [0.25, 0.3) is 0 Å². The number of benzene rings is 1. The number of hydrogen-bond donors (Lipinski definition) is 0. The highest BCUT2D eigenvalue weighted by Gasteiger charge is 2.02. The predicted octanol–water partition coefficient (Wildman–Crippen LogP) is 3.40. The lowest BCUT2D eigenvalue weighted by molar-refractivity contribution is 1.16. The van der Waals surface area contributed by atoms with Crippen molar-refractivity contribution in [2.45, 2.75) is 3.92 Å². The number of hydrogen-bond acceptors (Lipinski definition) is 0. The molecule has 2 heteroatoms. The van der Waals surface area contributed by atoms with Gasteiger partial charge in [0.05, 0.1) is 0 Å². The van der Waals surface area contributed by atoms with Gasteiger partial charge in [-0.1, -0.05) is 52.9 Å². The van der Waals surface area contributed by atoms with Gasteiger partial charge in [-0.15, -0.1) is 11.6 Å². The summed E-state index contributed by atoms with van der Waals surface area (Å²) in [6.45, 7) is 0. The van der Waals surface area contributed by atoms with E-state index >= 15 is 0 Å². The van der Waals surface area contributed by atoms with Crippen LogP contribution in [0.1, 0.15) is 9.49 Å². The molecule has 0 fully saturated rings. The fourth-order valence-electron chi connectivity index (χ4n) is 0.751. The molecule has 1 atom stereocenters. The topological polar surface area (TPSA) is 0 Å². The summed E-state index contributed by atoms with van der Waals surface area (Å²) in [7, 11) is 0. The quantitative estimate of drug-likeness (QED) is 0.568. The van der Waals surface area contributed by atoms with Gasteiger partial charge >= 0.3 is 0 Å². The van der Waals surface area contributed by atoms with Crippen molar-refractivity contribution in [1.82, 2.24) is 0 Å². The smallest absolute Gasteiger partial charge is 0.0494 e. The monoisotopic (exact) mass is 266 g/mol. The Labute approximate surface area is 79.7 Å². The van der Waals surface area contributed by atoms with Gasteiger partial charge in [0.1, 0.15) is 0 Å². The van der Waals surface area contributed by atoms with Crippen LogP contribution >= 0.6 is 34.2 Å². The van der Waals surface area contributed by atoms with E-state index in [-0.39, 0.29) is 0 Å². The minimum atomic E-state index is 0.445. The molecule has 0 N–H and O–H groups in total. The van der Waals surface area contributed by atoms with Crippen molar-refractivity contribution in [3.8, 4) is 0 Å². The molecule has 0 radical (unpaired) electrons. The Balaban J connectivity index is 2.75. The molecular weight excluding hydrogens is 258 g/mol. The van der Waals surface area contributed by atoms with Gasteiger partial charge in [-0.25, -0.2) is 0 Å². The lowest BCUT2D eigenvalue weighted by Gasteiger charge is -2.03. The van der Waals surface area contributed by atoms with Gasteiger partial charge in [-0.3, -0.25) is 0 Å². The lowest BCUT2D eigenvalue weighted by atomic mass is 10.2. The van der Waals surface area contributed by atoms with E-state index in [1.54, 1.807) is 0 Å². The van der Waals surface area contributed by atoms with Crippen molar-refractivity contribution in [3.05, 3.63) is 35.9 Å². The number of rotatable bonds is 2. The summed E-state index contributed by atoms with van der Waals surface area (Å²) >= 11 is 8.02. The first kappa shape index (κ1) is 8.34. The zero-order valence-corrected chi connectivity index (χ0v) is 8.34. The third-order valence-electron chi connectivity index (χ3n) is 1.30. The second kappa shape index (κ2) is 4.19. The molecule has 0 aliphatic heterocycles. The van der Waals surface area contributed by atoms with Crippen molar-refractivity contribution >= 4 is 34.2 Å². The normalized spacial score (nSPS) is 13.0. The van der Waals surface area contributed by atoms with Gasteiger partial charge in [0.2, 0.25) is 0 Å². The molecule has 1 rings (SSSR count). The summed E-state index contributed by atoms with van der Waals surface area (Å²) < 4.78 is 0.445. The van der Waals surface area contributed by atoms with Gasteiger partial charge in [0, 0.05) is 9.80 Å². The van der Waals surface area contributed by atoms with Crippen LogP contribution in [0.3, 0.4) is 0 Å². The summed E-state index contributed by atoms with van der Waals surface area (Å²) in [4.78, 5) is 0. The Kier molecular flexibility index (Phi) is 3.49. The Morgan fingerprint density at radius 1 is 1.30 bits per heavy atom. The molecule has 1 unspecified atom stereocenters. The summed E-state index contributed by atoms with van der Waals surface area (Å²) in [5.41, 5.74) is 1.30. The zero-order chi connectivity index (χ0) is 7.40. The van der Waals surface area contributed by atoms with E-state index < -0.39 is 0 Å². The van der Waals surface area contributed by atoms with Crippen LogP contribution in [-0.2, 0) is 0 Å². The number of halogens is 2. The molecular formula is C8H8ClI. The van der Waals surface area contributed by atoms with Crippen LogP contribution in [-0.4, -0.2) is 5.88 Å². The Morgan fingerprint density at radius 2 is 1.90 bits per heavy atom. The third kappa shape index (κ3) is 2.13. The van der Waals surface area contributed by atoms with Crippen LogP contribution in [0.2, 0.25) is 0 Å². The lowest BCUT2D eigenvalue weighted by Crippen LogP contribution is -1.88. The molecule has 0 saturated carbocycles. The molecule has 0 saturated heterocycles. The molecule has 0 bridgehead atoms. The van der Waals surface area contributed by atoms with Crippen LogP contribution in [0.4, 0.5) is 0 Å². The van der Waals surface area contributed by atoms with E-state index in [9.17, 15) is 0 Å². The van der Waals surface area contributed by atoms with E-state index in [1.165, 1.54) is 5.56 Å². The Bertz CT molecular complexity index is 186. The van der Waals surface area contributed by atoms with Crippen LogP contribution in [0.5, 0.6) is 0 Å². The molecule has 0 spiro atoms. The first-order chi connectivity index (χ1) is 4.84. The largest absolute Gasteiger partial charge is 0.125 e. The Hall–Kier alpha value is 0.240. The van der Waals surface area contributed by atoms with Crippen molar-refractivity contribution in [2.24, 2.45) is 0 Å². The van der Waals surface area contributed by atoms with E-state index in [4.69, 9.17) is 11.6 Å². The summed E-state index contributed by atoms with van der Waals surface area (Å²) in [5, 5.41) is 0. The maximum atomic E-state index is 5.68. The molecule has 0 aliphatic rings. The van der Waals surface area contributed by atoms with Gasteiger partial charge in [0.25, 0.3) is 0 Å². The molecule has 0 amide bonds. The van der Waals surface area contributed by atoms with Gasteiger partial charge in [-0.05, 0) is 5.56 Å². The van der Waals surface area contributed by atoms with Crippen LogP contribution < -0.4 is 0 Å². The van der Waals surface area contributed by atoms with Gasteiger partial charge in [-0.2, -0.15) is 0 Å². The third-order valence-corrected chi connectivity index (χ3v) is 3.29. The van der Waals surface area contributed by atoms with Crippen molar-refractivity contribution < 1.29 is 0 Å². The minimum absolute atomic E-state index is 0.445. The summed E-state index contributed by atoms with van der Waals surface area (Å²) in [5.74, 6) is 0.685. The van der Waals surface area contributed by atoms with Gasteiger partial charge in [0.15, 0.2) is 0 Å². The first-order valence-electron chi connectivity index (χ1n) is 3.09. The molecule has 0 heterocycles. The van der Waals surface area contributed by atoms with E-state index in [0.717, 1.165) is 0 Å². The van der Waals surface area contributed by atoms with Crippen molar-refractivity contribution in [1.29, 1.82) is 0 Å². The second-order valence-corrected chi connectivity index (χ2v) is 3.84. The maximum Gasteiger partial charge on any atom is 0.0494 e. The minimum Gasteiger partial charge on any atom is -0.125 e. The average Bonchev–Trinajstić information content (AvgIpc) is 2.05. The van der Waals surface area contributed by atoms with Crippen LogP contribution in [0.15, 0.2) is 30.3 Å². The zero-order valence-electron chi connectivity index (χ0n) is 5.43. The van der Waals surface area contributed by atoms with E-state index in [1.807, 2.05) is 18.2 Å². The molecule has 10 heavy (non-hydrogen) atoms. The summed E-state index contributed by atoms with van der Waals surface area (Å²) in [6, 6.07) is 10.3. The SMILES string of the molecule is ClCC(I)c1ccccc1. The molecule has 1 aromatic carbocycles. The average molecular weight is 267 g/mol. The van der Waals surface area contributed by atoms with E-state index in [2.05, 4.69) is 34.7 Å². The highest BCUT2D eigenvalue weighted by Crippen LogP contribution is 2.23. The predicted molar refractivity (Wildman–Crippen MR) is 53.9 cm³/mol. The Morgan fingerprint density at radius 3 is 2.40 bits per heavy atom. The molecule has 54 valence electrons. The standard InChI is InChI=1S/C8H8ClI/c9-6-8(10)7-4-2-1-3-5-7/h1-5,8H,6H2. The maximum absolute atomic E-state index is 5.68.